The Morgan fingerprint density at radius 1 is 1.33 bits per heavy atom. The van der Waals surface area contributed by atoms with Crippen LogP contribution in [0.25, 0.3) is 5.69 Å². The first-order valence-electron chi connectivity index (χ1n) is 6.10. The highest BCUT2D eigenvalue weighted by atomic mass is 79.9. The van der Waals surface area contributed by atoms with Gasteiger partial charge in [0.15, 0.2) is 0 Å². The second-order valence-electron chi connectivity index (χ2n) is 4.71. The van der Waals surface area contributed by atoms with Crippen molar-refractivity contribution in [2.45, 2.75) is 33.4 Å². The Balaban J connectivity index is 2.34. The molecule has 2 aromatic rings. The predicted molar refractivity (Wildman–Crippen MR) is 78.0 cm³/mol. The summed E-state index contributed by atoms with van der Waals surface area (Å²) in [5.74, 6) is 0. The van der Waals surface area contributed by atoms with Crippen LogP contribution in [-0.2, 0) is 6.54 Å². The van der Waals surface area contributed by atoms with Crippen molar-refractivity contribution in [2.75, 3.05) is 0 Å². The lowest BCUT2D eigenvalue weighted by Crippen LogP contribution is -2.22. The van der Waals surface area contributed by atoms with Crippen molar-refractivity contribution in [3.05, 3.63) is 46.2 Å². The molecule has 1 aromatic heterocycles. The third-order valence-corrected chi connectivity index (χ3v) is 3.21. The van der Waals surface area contributed by atoms with E-state index < -0.39 is 0 Å². The molecule has 1 N–H and O–H groups in total. The van der Waals surface area contributed by atoms with Gasteiger partial charge in [0.2, 0.25) is 0 Å². The number of halogens is 1. The Hall–Kier alpha value is -1.13. The van der Waals surface area contributed by atoms with Crippen molar-refractivity contribution in [3.63, 3.8) is 0 Å². The maximum absolute atomic E-state index is 4.48. The number of nitrogens with one attached hydrogen (secondary N) is 1. The Morgan fingerprint density at radius 3 is 2.72 bits per heavy atom. The van der Waals surface area contributed by atoms with Crippen LogP contribution in [0.1, 0.15) is 25.1 Å². The summed E-state index contributed by atoms with van der Waals surface area (Å²) in [4.78, 5) is 0. The average molecular weight is 308 g/mol. The number of hydrogen-bond acceptors (Lipinski definition) is 2. The second-order valence-corrected chi connectivity index (χ2v) is 5.63. The molecule has 0 saturated carbocycles. The topological polar surface area (TPSA) is 29.9 Å². The van der Waals surface area contributed by atoms with Crippen LogP contribution < -0.4 is 5.32 Å². The average Bonchev–Trinajstić information content (AvgIpc) is 2.74. The van der Waals surface area contributed by atoms with E-state index in [4.69, 9.17) is 0 Å². The largest absolute Gasteiger partial charge is 0.310 e. The van der Waals surface area contributed by atoms with Gasteiger partial charge in [0.1, 0.15) is 0 Å². The molecule has 0 atom stereocenters. The maximum Gasteiger partial charge on any atom is 0.0701 e. The van der Waals surface area contributed by atoms with Crippen LogP contribution in [0.4, 0.5) is 0 Å². The molecule has 0 unspecified atom stereocenters. The zero-order valence-corrected chi connectivity index (χ0v) is 12.5. The number of nitrogens with zero attached hydrogens (tertiary/aromatic N) is 2. The summed E-state index contributed by atoms with van der Waals surface area (Å²) in [5, 5.41) is 7.92. The van der Waals surface area contributed by atoms with Gasteiger partial charge in [0, 0.05) is 23.3 Å². The van der Waals surface area contributed by atoms with Crippen molar-refractivity contribution in [1.82, 2.24) is 15.1 Å². The highest BCUT2D eigenvalue weighted by molar-refractivity contribution is 9.10. The Labute approximate surface area is 116 Å². The molecule has 4 heteroatoms. The molecule has 0 bridgehead atoms. The molecule has 1 heterocycles. The van der Waals surface area contributed by atoms with Crippen LogP contribution in [0.15, 0.2) is 34.9 Å². The second kappa shape index (κ2) is 5.67. The first-order valence-corrected chi connectivity index (χ1v) is 6.90. The van der Waals surface area contributed by atoms with Gasteiger partial charge in [-0.15, -0.1) is 0 Å². The van der Waals surface area contributed by atoms with Gasteiger partial charge in [-0.3, -0.25) is 0 Å². The summed E-state index contributed by atoms with van der Waals surface area (Å²) in [5.41, 5.74) is 3.39. The molecule has 1 aromatic carbocycles. The van der Waals surface area contributed by atoms with E-state index in [9.17, 15) is 0 Å². The molecule has 0 saturated heterocycles. The summed E-state index contributed by atoms with van der Waals surface area (Å²) in [6.07, 6.45) is 2.00. The summed E-state index contributed by atoms with van der Waals surface area (Å²) in [6, 6.07) is 8.79. The number of rotatable bonds is 4. The van der Waals surface area contributed by atoms with E-state index in [1.165, 1.54) is 5.56 Å². The monoisotopic (exact) mass is 307 g/mol. The molecule has 0 aliphatic rings. The zero-order chi connectivity index (χ0) is 13.1. The Morgan fingerprint density at radius 2 is 2.11 bits per heavy atom. The minimum absolute atomic E-state index is 0.473. The first kappa shape index (κ1) is 13.3. The van der Waals surface area contributed by atoms with Crippen LogP contribution in [0.3, 0.4) is 0 Å². The van der Waals surface area contributed by atoms with Crippen molar-refractivity contribution in [2.24, 2.45) is 0 Å². The van der Waals surface area contributed by atoms with Crippen LogP contribution in [0.5, 0.6) is 0 Å². The zero-order valence-electron chi connectivity index (χ0n) is 10.9. The Kier molecular flexibility index (Phi) is 4.19. The first-order chi connectivity index (χ1) is 8.56. The van der Waals surface area contributed by atoms with E-state index >= 15 is 0 Å². The van der Waals surface area contributed by atoms with Crippen molar-refractivity contribution >= 4 is 15.9 Å². The summed E-state index contributed by atoms with van der Waals surface area (Å²) in [6.45, 7) is 7.15. The fourth-order valence-electron chi connectivity index (χ4n) is 1.76. The molecule has 96 valence electrons. The standard InChI is InChI=1S/C14H18BrN3/c1-10(2)16-9-12-4-5-13(15)8-14(12)18-7-6-11(3)17-18/h4-8,10,16H,9H2,1-3H3. The highest BCUT2D eigenvalue weighted by Gasteiger charge is 2.07. The van der Waals surface area contributed by atoms with Gasteiger partial charge in [-0.25, -0.2) is 4.68 Å². The lowest BCUT2D eigenvalue weighted by molar-refractivity contribution is 0.586. The van der Waals surface area contributed by atoms with Crippen molar-refractivity contribution in [1.29, 1.82) is 0 Å². The predicted octanol–water partition coefficient (Wildman–Crippen LogP) is 3.44. The SMILES string of the molecule is Cc1ccn(-c2cc(Br)ccc2CNC(C)C)n1. The van der Waals surface area contributed by atoms with E-state index in [1.54, 1.807) is 0 Å². The third-order valence-electron chi connectivity index (χ3n) is 2.72. The summed E-state index contributed by atoms with van der Waals surface area (Å²) >= 11 is 3.52. The van der Waals surface area contributed by atoms with E-state index in [1.807, 2.05) is 23.9 Å². The van der Waals surface area contributed by atoms with E-state index in [0.717, 1.165) is 22.4 Å². The van der Waals surface area contributed by atoms with Crippen LogP contribution >= 0.6 is 15.9 Å². The fraction of sp³-hybridized carbons (Fsp3) is 0.357. The molecule has 0 amide bonds. The minimum Gasteiger partial charge on any atom is -0.310 e. The maximum atomic E-state index is 4.48. The van der Waals surface area contributed by atoms with E-state index in [-0.39, 0.29) is 0 Å². The van der Waals surface area contributed by atoms with Gasteiger partial charge in [-0.2, -0.15) is 5.10 Å². The van der Waals surface area contributed by atoms with Crippen LogP contribution in [-0.4, -0.2) is 15.8 Å². The van der Waals surface area contributed by atoms with Crippen LogP contribution in [0, 0.1) is 6.92 Å². The van der Waals surface area contributed by atoms with Gasteiger partial charge in [-0.05, 0) is 30.7 Å². The third kappa shape index (κ3) is 3.21. The van der Waals surface area contributed by atoms with Gasteiger partial charge in [0.25, 0.3) is 0 Å². The molecule has 0 spiro atoms. The number of aryl methyl sites for hydroxylation is 1. The molecule has 3 nitrogen and oxygen atoms in total. The van der Waals surface area contributed by atoms with Crippen molar-refractivity contribution < 1.29 is 0 Å². The van der Waals surface area contributed by atoms with Gasteiger partial charge in [0.05, 0.1) is 11.4 Å². The fourth-order valence-corrected chi connectivity index (χ4v) is 2.11. The molecular formula is C14H18BrN3. The highest BCUT2D eigenvalue weighted by Crippen LogP contribution is 2.20. The van der Waals surface area contributed by atoms with Crippen LogP contribution in [0.2, 0.25) is 0 Å². The lowest BCUT2D eigenvalue weighted by atomic mass is 10.1. The Bertz CT molecular complexity index is 532. The van der Waals surface area contributed by atoms with Gasteiger partial charge in [-0.1, -0.05) is 35.8 Å². The smallest absolute Gasteiger partial charge is 0.0701 e. The summed E-state index contributed by atoms with van der Waals surface area (Å²) < 4.78 is 3.00. The van der Waals surface area contributed by atoms with Gasteiger partial charge >= 0.3 is 0 Å². The van der Waals surface area contributed by atoms with Crippen molar-refractivity contribution in [3.8, 4) is 5.69 Å². The minimum atomic E-state index is 0.473. The molecule has 0 fully saturated rings. The number of aromatic nitrogens is 2. The molecule has 0 aliphatic heterocycles. The lowest BCUT2D eigenvalue weighted by Gasteiger charge is -2.13. The molecular weight excluding hydrogens is 290 g/mol. The van der Waals surface area contributed by atoms with E-state index in [2.05, 4.69) is 58.4 Å². The van der Waals surface area contributed by atoms with Gasteiger partial charge < -0.3 is 5.32 Å². The summed E-state index contributed by atoms with van der Waals surface area (Å²) in [7, 11) is 0. The number of hydrogen-bond donors (Lipinski definition) is 1. The number of benzene rings is 1. The molecule has 2 rings (SSSR count). The normalized spacial score (nSPS) is 11.2. The van der Waals surface area contributed by atoms with E-state index in [0.29, 0.717) is 6.04 Å². The molecule has 0 aliphatic carbocycles. The molecule has 0 radical (unpaired) electrons. The molecule has 18 heavy (non-hydrogen) atoms. The quantitative estimate of drug-likeness (QED) is 0.937.